The zero-order chi connectivity index (χ0) is 19.4. The summed E-state index contributed by atoms with van der Waals surface area (Å²) in [5.41, 5.74) is 0.229. The van der Waals surface area contributed by atoms with Crippen molar-refractivity contribution in [3.63, 3.8) is 0 Å². The SMILES string of the molecule is COc1ccc(-n2nc(C(=O)Nc3cccc(Cl)c3)c(=O)cc2OC)cc1. The predicted molar refractivity (Wildman–Crippen MR) is 102 cm³/mol. The second-order valence-corrected chi connectivity index (χ2v) is 5.91. The van der Waals surface area contributed by atoms with Crippen molar-refractivity contribution in [3.05, 3.63) is 75.5 Å². The summed E-state index contributed by atoms with van der Waals surface area (Å²) in [5.74, 6) is 0.217. The molecule has 0 aliphatic carbocycles. The van der Waals surface area contributed by atoms with Gasteiger partial charge in [0, 0.05) is 10.7 Å². The number of amides is 1. The van der Waals surface area contributed by atoms with E-state index in [1.807, 2.05) is 0 Å². The van der Waals surface area contributed by atoms with Gasteiger partial charge in [0.25, 0.3) is 5.91 Å². The number of benzene rings is 2. The van der Waals surface area contributed by atoms with Gasteiger partial charge >= 0.3 is 0 Å². The molecular formula is C19H16ClN3O4. The van der Waals surface area contributed by atoms with E-state index in [9.17, 15) is 9.59 Å². The van der Waals surface area contributed by atoms with Gasteiger partial charge in [-0.2, -0.15) is 5.10 Å². The Morgan fingerprint density at radius 2 is 1.81 bits per heavy atom. The molecule has 0 spiro atoms. The van der Waals surface area contributed by atoms with Crippen LogP contribution in [0.4, 0.5) is 5.69 Å². The number of methoxy groups -OCH3 is 2. The van der Waals surface area contributed by atoms with Crippen molar-refractivity contribution in [2.75, 3.05) is 19.5 Å². The summed E-state index contributed by atoms with van der Waals surface area (Å²) in [6, 6.07) is 14.8. The van der Waals surface area contributed by atoms with Crippen LogP contribution in [-0.2, 0) is 0 Å². The van der Waals surface area contributed by atoms with Crippen LogP contribution in [0.1, 0.15) is 10.5 Å². The molecule has 27 heavy (non-hydrogen) atoms. The Labute approximate surface area is 160 Å². The van der Waals surface area contributed by atoms with Gasteiger partial charge in [0.05, 0.1) is 26.0 Å². The summed E-state index contributed by atoms with van der Waals surface area (Å²) in [6.07, 6.45) is 0. The van der Waals surface area contributed by atoms with E-state index >= 15 is 0 Å². The third kappa shape index (κ3) is 4.09. The average Bonchev–Trinajstić information content (AvgIpc) is 2.67. The van der Waals surface area contributed by atoms with Crippen LogP contribution in [0, 0.1) is 0 Å². The van der Waals surface area contributed by atoms with Gasteiger partial charge in [0.2, 0.25) is 11.3 Å². The lowest BCUT2D eigenvalue weighted by molar-refractivity contribution is 0.101. The third-order valence-corrected chi connectivity index (χ3v) is 3.96. The van der Waals surface area contributed by atoms with Crippen LogP contribution in [0.3, 0.4) is 0 Å². The third-order valence-electron chi connectivity index (χ3n) is 3.72. The second kappa shape index (κ2) is 7.92. The number of hydrogen-bond donors (Lipinski definition) is 1. The lowest BCUT2D eigenvalue weighted by Gasteiger charge is -2.13. The fraction of sp³-hybridized carbons (Fsp3) is 0.105. The van der Waals surface area contributed by atoms with Gasteiger partial charge < -0.3 is 14.8 Å². The average molecular weight is 386 g/mol. The summed E-state index contributed by atoms with van der Waals surface area (Å²) >= 11 is 5.92. The van der Waals surface area contributed by atoms with Gasteiger partial charge in [0.15, 0.2) is 5.69 Å². The van der Waals surface area contributed by atoms with E-state index in [1.54, 1.807) is 55.6 Å². The molecule has 0 unspecified atom stereocenters. The number of halogens is 1. The molecule has 1 heterocycles. The van der Waals surface area contributed by atoms with E-state index in [0.717, 1.165) is 0 Å². The molecule has 1 amide bonds. The first-order valence-electron chi connectivity index (χ1n) is 7.91. The van der Waals surface area contributed by atoms with Crippen molar-refractivity contribution in [2.24, 2.45) is 0 Å². The van der Waals surface area contributed by atoms with Crippen molar-refractivity contribution in [3.8, 4) is 17.3 Å². The summed E-state index contributed by atoms with van der Waals surface area (Å²) in [4.78, 5) is 24.9. The van der Waals surface area contributed by atoms with Crippen LogP contribution in [-0.4, -0.2) is 29.9 Å². The normalized spacial score (nSPS) is 10.3. The monoisotopic (exact) mass is 385 g/mol. The minimum Gasteiger partial charge on any atom is -0.497 e. The molecule has 8 heteroatoms. The van der Waals surface area contributed by atoms with E-state index < -0.39 is 11.3 Å². The molecule has 7 nitrogen and oxygen atoms in total. The largest absolute Gasteiger partial charge is 0.497 e. The van der Waals surface area contributed by atoms with Gasteiger partial charge in [-0.3, -0.25) is 9.59 Å². The first-order chi connectivity index (χ1) is 13.0. The molecule has 0 aliphatic rings. The Kier molecular flexibility index (Phi) is 5.42. The minimum atomic E-state index is -0.646. The molecule has 1 N–H and O–H groups in total. The van der Waals surface area contributed by atoms with Crippen LogP contribution in [0.5, 0.6) is 11.6 Å². The lowest BCUT2D eigenvalue weighted by Crippen LogP contribution is -2.26. The molecule has 1 aromatic heterocycles. The molecule has 0 aliphatic heterocycles. The highest BCUT2D eigenvalue weighted by Crippen LogP contribution is 2.19. The maximum Gasteiger partial charge on any atom is 0.280 e. The maximum absolute atomic E-state index is 12.5. The topological polar surface area (TPSA) is 82.5 Å². The van der Waals surface area contributed by atoms with E-state index in [4.69, 9.17) is 21.1 Å². The van der Waals surface area contributed by atoms with Crippen LogP contribution in [0.15, 0.2) is 59.4 Å². The quantitative estimate of drug-likeness (QED) is 0.729. The molecule has 3 rings (SSSR count). The molecule has 2 aromatic carbocycles. The Bertz CT molecular complexity index is 1030. The van der Waals surface area contributed by atoms with Gasteiger partial charge in [0.1, 0.15) is 5.75 Å². The molecule has 3 aromatic rings. The van der Waals surface area contributed by atoms with E-state index in [-0.39, 0.29) is 11.6 Å². The minimum absolute atomic E-state index is 0.199. The number of rotatable bonds is 5. The number of ether oxygens (including phenoxy) is 2. The predicted octanol–water partition coefficient (Wildman–Crippen LogP) is 3.16. The van der Waals surface area contributed by atoms with Crippen LogP contribution < -0.4 is 20.2 Å². The number of carbonyl (C=O) groups is 1. The second-order valence-electron chi connectivity index (χ2n) is 5.47. The van der Waals surface area contributed by atoms with Crippen LogP contribution in [0.25, 0.3) is 5.69 Å². The Morgan fingerprint density at radius 3 is 2.44 bits per heavy atom. The number of aromatic nitrogens is 2. The number of hydrogen-bond acceptors (Lipinski definition) is 5. The zero-order valence-corrected chi connectivity index (χ0v) is 15.4. The fourth-order valence-corrected chi connectivity index (χ4v) is 2.60. The molecular weight excluding hydrogens is 370 g/mol. The summed E-state index contributed by atoms with van der Waals surface area (Å²) in [7, 11) is 2.98. The van der Waals surface area contributed by atoms with Crippen LogP contribution in [0.2, 0.25) is 5.02 Å². The molecule has 0 atom stereocenters. The Morgan fingerprint density at radius 1 is 1.07 bits per heavy atom. The fourth-order valence-electron chi connectivity index (χ4n) is 2.41. The maximum atomic E-state index is 12.5. The van der Waals surface area contributed by atoms with Crippen molar-refractivity contribution >= 4 is 23.2 Å². The first-order valence-corrected chi connectivity index (χ1v) is 8.29. The number of nitrogens with zero attached hydrogens (tertiary/aromatic N) is 2. The van der Waals surface area contributed by atoms with Crippen molar-refractivity contribution in [1.82, 2.24) is 9.78 Å². The summed E-state index contributed by atoms with van der Waals surface area (Å²) in [6.45, 7) is 0. The highest BCUT2D eigenvalue weighted by Gasteiger charge is 2.17. The number of carbonyl (C=O) groups excluding carboxylic acids is 1. The van der Waals surface area contributed by atoms with E-state index in [2.05, 4.69) is 10.4 Å². The molecule has 0 fully saturated rings. The van der Waals surface area contributed by atoms with Gasteiger partial charge in [-0.15, -0.1) is 0 Å². The van der Waals surface area contributed by atoms with Crippen molar-refractivity contribution < 1.29 is 14.3 Å². The van der Waals surface area contributed by atoms with E-state index in [1.165, 1.54) is 17.9 Å². The Balaban J connectivity index is 2.00. The molecule has 0 radical (unpaired) electrons. The summed E-state index contributed by atoms with van der Waals surface area (Å²) < 4.78 is 11.7. The van der Waals surface area contributed by atoms with Crippen LogP contribution >= 0.6 is 11.6 Å². The first kappa shape index (κ1) is 18.5. The molecule has 0 saturated heterocycles. The Hall–Kier alpha value is -3.32. The van der Waals surface area contributed by atoms with Gasteiger partial charge in [-0.05, 0) is 42.5 Å². The van der Waals surface area contributed by atoms with Gasteiger partial charge in [-0.25, -0.2) is 4.68 Å². The molecule has 138 valence electrons. The van der Waals surface area contributed by atoms with Crippen molar-refractivity contribution in [1.29, 1.82) is 0 Å². The number of anilines is 1. The zero-order valence-electron chi connectivity index (χ0n) is 14.6. The number of nitrogens with one attached hydrogen (secondary N) is 1. The summed E-state index contributed by atoms with van der Waals surface area (Å²) in [5, 5.41) is 7.26. The lowest BCUT2D eigenvalue weighted by atomic mass is 10.2. The van der Waals surface area contributed by atoms with E-state index in [0.29, 0.717) is 22.1 Å². The van der Waals surface area contributed by atoms with Gasteiger partial charge in [-0.1, -0.05) is 17.7 Å². The molecule has 0 saturated carbocycles. The highest BCUT2D eigenvalue weighted by molar-refractivity contribution is 6.30. The van der Waals surface area contributed by atoms with Crippen molar-refractivity contribution in [2.45, 2.75) is 0 Å². The molecule has 0 bridgehead atoms. The smallest absolute Gasteiger partial charge is 0.280 e. The highest BCUT2D eigenvalue weighted by atomic mass is 35.5. The standard InChI is InChI=1S/C19H16ClN3O4/c1-26-15-8-6-14(7-9-15)23-17(27-2)11-16(24)18(22-23)19(25)21-13-5-3-4-12(20)10-13/h3-11H,1-2H3,(H,21,25).